The number of hydrogen-bond acceptors (Lipinski definition) is 4. The van der Waals surface area contributed by atoms with Crippen molar-refractivity contribution < 1.29 is 4.79 Å². The van der Waals surface area contributed by atoms with E-state index < -0.39 is 0 Å². The van der Waals surface area contributed by atoms with Crippen molar-refractivity contribution in [2.24, 2.45) is 0 Å². The first-order chi connectivity index (χ1) is 11.3. The van der Waals surface area contributed by atoms with Crippen LogP contribution in [-0.4, -0.2) is 49.0 Å². The Hall–Kier alpha value is -1.82. The van der Waals surface area contributed by atoms with Crippen molar-refractivity contribution in [2.45, 2.75) is 6.42 Å². The maximum Gasteiger partial charge on any atom is 0.255 e. The summed E-state index contributed by atoms with van der Waals surface area (Å²) in [7, 11) is 1.97. The van der Waals surface area contributed by atoms with Crippen molar-refractivity contribution in [3.8, 4) is 0 Å². The average Bonchev–Trinajstić information content (AvgIpc) is 2.91. The molecule has 0 atom stereocenters. The molecule has 3 rings (SSSR count). The average molecular weight is 383 g/mol. The molecule has 0 aliphatic carbocycles. The van der Waals surface area contributed by atoms with E-state index in [-0.39, 0.29) is 30.7 Å². The first kappa shape index (κ1) is 21.2. The molecule has 0 unspecified atom stereocenters. The largest absolute Gasteiger partial charge is 0.337 e. The molecular weight excluding hydrogens is 359 g/mol. The van der Waals surface area contributed by atoms with Gasteiger partial charge >= 0.3 is 0 Å². The summed E-state index contributed by atoms with van der Waals surface area (Å²) in [5, 5.41) is 3.31. The number of pyridine rings is 1. The first-order valence-corrected chi connectivity index (χ1v) is 8.00. The molecule has 7 heteroatoms. The van der Waals surface area contributed by atoms with Gasteiger partial charge in [0.15, 0.2) is 0 Å². The molecule has 0 bridgehead atoms. The number of carbonyl (C=O) groups excluding carboxylic acids is 1. The van der Waals surface area contributed by atoms with Crippen LogP contribution in [0.4, 0.5) is 11.5 Å². The molecule has 2 aromatic rings. The zero-order chi connectivity index (χ0) is 16.1. The topological polar surface area (TPSA) is 48.5 Å². The third kappa shape index (κ3) is 5.33. The summed E-state index contributed by atoms with van der Waals surface area (Å²) in [4.78, 5) is 20.9. The lowest BCUT2D eigenvalue weighted by molar-refractivity contribution is 0.0766. The van der Waals surface area contributed by atoms with Crippen molar-refractivity contribution in [3.63, 3.8) is 0 Å². The van der Waals surface area contributed by atoms with E-state index in [1.54, 1.807) is 6.20 Å². The van der Waals surface area contributed by atoms with Crippen LogP contribution in [0.3, 0.4) is 0 Å². The van der Waals surface area contributed by atoms with Gasteiger partial charge in [-0.05, 0) is 37.2 Å². The number of benzene rings is 1. The van der Waals surface area contributed by atoms with Crippen LogP contribution < -0.4 is 10.2 Å². The molecule has 0 radical (unpaired) electrons. The summed E-state index contributed by atoms with van der Waals surface area (Å²) in [6.07, 6.45) is 2.67. The quantitative estimate of drug-likeness (QED) is 0.885. The van der Waals surface area contributed by atoms with Gasteiger partial charge in [-0.3, -0.25) is 4.79 Å². The molecule has 1 aliphatic rings. The van der Waals surface area contributed by atoms with E-state index in [4.69, 9.17) is 0 Å². The number of nitrogens with one attached hydrogen (secondary N) is 1. The predicted molar refractivity (Wildman–Crippen MR) is 107 cm³/mol. The summed E-state index contributed by atoms with van der Waals surface area (Å²) in [5.41, 5.74) is 1.72. The number of para-hydroxylation sites is 1. The lowest BCUT2D eigenvalue weighted by Crippen LogP contribution is -2.34. The minimum absolute atomic E-state index is 0. The Morgan fingerprint density at radius 2 is 1.84 bits per heavy atom. The van der Waals surface area contributed by atoms with Crippen molar-refractivity contribution in [1.29, 1.82) is 0 Å². The van der Waals surface area contributed by atoms with Gasteiger partial charge in [-0.1, -0.05) is 18.2 Å². The van der Waals surface area contributed by atoms with E-state index in [1.165, 1.54) is 0 Å². The monoisotopic (exact) mass is 382 g/mol. The van der Waals surface area contributed by atoms with Crippen LogP contribution in [0, 0.1) is 0 Å². The number of carbonyl (C=O) groups is 1. The van der Waals surface area contributed by atoms with E-state index in [0.29, 0.717) is 5.56 Å². The number of halogens is 2. The highest BCUT2D eigenvalue weighted by Gasteiger charge is 2.17. The molecule has 1 N–H and O–H groups in total. The molecule has 136 valence electrons. The molecule has 1 aromatic heterocycles. The minimum Gasteiger partial charge on any atom is -0.337 e. The second-order valence-electron chi connectivity index (χ2n) is 5.70. The Morgan fingerprint density at radius 3 is 2.52 bits per heavy atom. The Bertz CT molecular complexity index is 644. The number of rotatable bonds is 3. The fraction of sp³-hybridized carbons (Fsp3) is 0.333. The summed E-state index contributed by atoms with van der Waals surface area (Å²) in [6, 6.07) is 13.8. The highest BCUT2D eigenvalue weighted by molar-refractivity contribution is 5.94. The lowest BCUT2D eigenvalue weighted by Gasteiger charge is -2.21. The van der Waals surface area contributed by atoms with Crippen LogP contribution in [0.2, 0.25) is 0 Å². The Balaban J connectivity index is 0.00000156. The highest BCUT2D eigenvalue weighted by atomic mass is 35.5. The minimum atomic E-state index is 0. The normalized spacial score (nSPS) is 13.9. The van der Waals surface area contributed by atoms with Crippen LogP contribution in [0.1, 0.15) is 16.8 Å². The molecule has 25 heavy (non-hydrogen) atoms. The second kappa shape index (κ2) is 10.2. The fourth-order valence-electron chi connectivity index (χ4n) is 2.73. The van der Waals surface area contributed by atoms with Crippen LogP contribution >= 0.6 is 24.8 Å². The highest BCUT2D eigenvalue weighted by Crippen LogP contribution is 2.21. The molecule has 1 saturated heterocycles. The lowest BCUT2D eigenvalue weighted by atomic mass is 10.2. The van der Waals surface area contributed by atoms with Crippen LogP contribution in [0.15, 0.2) is 48.7 Å². The van der Waals surface area contributed by atoms with Gasteiger partial charge < -0.3 is 15.1 Å². The maximum absolute atomic E-state index is 12.5. The molecule has 2 heterocycles. The smallest absolute Gasteiger partial charge is 0.255 e. The molecule has 5 nitrogen and oxygen atoms in total. The predicted octanol–water partition coefficient (Wildman–Crippen LogP) is 3.13. The molecule has 0 saturated carbocycles. The third-order valence-electron chi connectivity index (χ3n) is 4.11. The number of aromatic nitrogens is 1. The Labute approximate surface area is 161 Å². The van der Waals surface area contributed by atoms with E-state index in [9.17, 15) is 4.79 Å². The second-order valence-corrected chi connectivity index (χ2v) is 5.70. The van der Waals surface area contributed by atoms with Gasteiger partial charge in [0, 0.05) is 38.6 Å². The Kier molecular flexibility index (Phi) is 8.69. The third-order valence-corrected chi connectivity index (χ3v) is 4.11. The van der Waals surface area contributed by atoms with Crippen LogP contribution in [0.5, 0.6) is 0 Å². The van der Waals surface area contributed by atoms with Gasteiger partial charge in [-0.2, -0.15) is 0 Å². The molecule has 1 aliphatic heterocycles. The van der Waals surface area contributed by atoms with Gasteiger partial charge in [0.25, 0.3) is 5.91 Å². The standard InChI is InChI=1S/C18H22N4O.2ClH/c1-21(16-6-3-2-4-7-16)17-9-8-15(14-20-17)18(23)22-12-5-10-19-11-13-22;;/h2-4,6-9,14,19H,5,10-13H2,1H3;2*1H. The van der Waals surface area contributed by atoms with Gasteiger partial charge in [0.05, 0.1) is 5.56 Å². The van der Waals surface area contributed by atoms with Gasteiger partial charge in [-0.15, -0.1) is 24.8 Å². The van der Waals surface area contributed by atoms with Crippen LogP contribution in [-0.2, 0) is 0 Å². The fourth-order valence-corrected chi connectivity index (χ4v) is 2.73. The van der Waals surface area contributed by atoms with Crippen molar-refractivity contribution in [2.75, 3.05) is 38.1 Å². The van der Waals surface area contributed by atoms with Gasteiger partial charge in [0.1, 0.15) is 5.82 Å². The zero-order valence-corrected chi connectivity index (χ0v) is 15.9. The van der Waals surface area contributed by atoms with E-state index in [0.717, 1.165) is 44.1 Å². The molecular formula is C18H24Cl2N4O. The van der Waals surface area contributed by atoms with E-state index in [2.05, 4.69) is 10.3 Å². The zero-order valence-electron chi connectivity index (χ0n) is 14.2. The van der Waals surface area contributed by atoms with Crippen molar-refractivity contribution in [1.82, 2.24) is 15.2 Å². The molecule has 1 aromatic carbocycles. The van der Waals surface area contributed by atoms with Gasteiger partial charge in [0.2, 0.25) is 0 Å². The molecule has 0 spiro atoms. The summed E-state index contributed by atoms with van der Waals surface area (Å²) in [5.74, 6) is 0.889. The number of nitrogens with zero attached hydrogens (tertiary/aromatic N) is 3. The van der Waals surface area contributed by atoms with Gasteiger partial charge in [-0.25, -0.2) is 4.98 Å². The summed E-state index contributed by atoms with van der Waals surface area (Å²) < 4.78 is 0. The number of amides is 1. The SMILES string of the molecule is CN(c1ccccc1)c1ccc(C(=O)N2CCCNCC2)cn1.Cl.Cl. The molecule has 1 fully saturated rings. The van der Waals surface area contributed by atoms with Crippen molar-refractivity contribution >= 4 is 42.2 Å². The van der Waals surface area contributed by atoms with E-state index >= 15 is 0 Å². The van der Waals surface area contributed by atoms with Crippen molar-refractivity contribution in [3.05, 3.63) is 54.2 Å². The summed E-state index contributed by atoms with van der Waals surface area (Å²) >= 11 is 0. The number of anilines is 2. The van der Waals surface area contributed by atoms with E-state index in [1.807, 2.05) is 59.3 Å². The number of hydrogen-bond donors (Lipinski definition) is 1. The molecule has 1 amide bonds. The maximum atomic E-state index is 12.5. The first-order valence-electron chi connectivity index (χ1n) is 8.00. The summed E-state index contributed by atoms with van der Waals surface area (Å²) in [6.45, 7) is 3.39. The van der Waals surface area contributed by atoms with Crippen LogP contribution in [0.25, 0.3) is 0 Å². The Morgan fingerprint density at radius 1 is 1.08 bits per heavy atom.